The van der Waals surface area contributed by atoms with Crippen LogP contribution < -0.4 is 79.9 Å². The summed E-state index contributed by atoms with van der Waals surface area (Å²) in [5.74, 6) is 9.34. The fraction of sp³-hybridized carbons (Fsp3) is 0.500. The standard InChI is InChI=1S/C96H128N16S8/c1-9-113-81-71-72(82(114-10-2)86(118-14-6)85(81)117-13-5)92-106-91(71)105-89-66-57-67(97-58-41-25-17-26-42-58)75(98-59-43-27-18-28-44-59)76(99-60-45-29-19-30-46-60)68(66)90(104-89)109-95-69-70(78(101-62-49-33-21-34-50-62)80(103-64-53-37-23-38-54-64)79(102-63-51-35-22-36-52-63)77(69)100-61-47-31-20-32-48-61)96(112(95)111-65-55-39-24-40-56-65)110-94-74-73(93(107-92)108-94)83(115-11-3)87(119-15-7)88(120-16-8)84(74)116-12-4/h17-56,66-111H,9-16,57H2,1-8H3. The molecule has 8 aromatic carbocycles. The minimum absolute atomic E-state index is 0.0201. The average molecular weight is 1760 g/mol. The topological polar surface area (TPSA) is 184 Å². The lowest BCUT2D eigenvalue weighted by molar-refractivity contribution is 0.106. The highest BCUT2D eigenvalue weighted by atomic mass is 32.2. The summed E-state index contributed by atoms with van der Waals surface area (Å²) >= 11 is 18.1. The number of nitrogens with one attached hydrogen (secondary N) is 15. The summed E-state index contributed by atoms with van der Waals surface area (Å²) in [5.41, 5.74) is 13.1. The van der Waals surface area contributed by atoms with Crippen LogP contribution in [0.5, 0.6) is 0 Å². The van der Waals surface area contributed by atoms with Crippen molar-refractivity contribution in [2.24, 2.45) is 47.3 Å². The molecule has 120 heavy (non-hydrogen) atoms. The van der Waals surface area contributed by atoms with Crippen molar-refractivity contribution in [1.29, 1.82) is 0 Å². The molecule has 4 aliphatic carbocycles. The molecule has 9 fully saturated rings. The van der Waals surface area contributed by atoms with E-state index in [4.69, 9.17) is 37.2 Å². The number of hydrazine groups is 1. The smallest absolute Gasteiger partial charge is 0.0864 e. The van der Waals surface area contributed by atoms with Crippen LogP contribution >= 0.6 is 94.1 Å². The Bertz CT molecular complexity index is 4390. The SMILES string of the molecule is CCSC1C(SCC)C(SCC)C2C3NC(NC4NC(NC5C6C(Nc7ccccc7)C(Nc7ccccc7)C(Nc7ccccc7)C(Nc7ccccc7)C6C(NC6NC(N3)C3C(SCC)C(SCC)C(SCC)C(SCC)C63)N5Nc3ccccc3)C3C4CC(Nc4ccccc4)C(Nc4ccccc4)C3Nc3ccccc3)C2C1SCC. The predicted octanol–water partition coefficient (Wildman–Crippen LogP) is 17.8. The maximum atomic E-state index is 5.02. The molecular formula is C96H128N16S8. The van der Waals surface area contributed by atoms with E-state index in [9.17, 15) is 0 Å². The zero-order chi connectivity index (χ0) is 82.0. The molecule has 5 heterocycles. The summed E-state index contributed by atoms with van der Waals surface area (Å²) in [6.07, 6.45) is -0.607. The highest BCUT2D eigenvalue weighted by Gasteiger charge is 2.69. The average Bonchev–Trinajstić information content (AvgIpc) is 1.53. The number of benzene rings is 8. The van der Waals surface area contributed by atoms with Crippen LogP contribution in [0.2, 0.25) is 0 Å². The number of hydrogen-bond acceptors (Lipinski definition) is 24. The van der Waals surface area contributed by atoms with E-state index in [1.165, 1.54) is 0 Å². The lowest BCUT2D eigenvalue weighted by Crippen LogP contribution is -2.71. The second-order valence-electron chi connectivity index (χ2n) is 33.4. The molecule has 15 N–H and O–H groups in total. The van der Waals surface area contributed by atoms with Crippen molar-refractivity contribution in [1.82, 2.24) is 42.2 Å². The minimum atomic E-state index is -0.390. The van der Waals surface area contributed by atoms with Gasteiger partial charge in [0.2, 0.25) is 0 Å². The van der Waals surface area contributed by atoms with Gasteiger partial charge in [-0.1, -0.05) is 201 Å². The van der Waals surface area contributed by atoms with E-state index >= 15 is 0 Å². The van der Waals surface area contributed by atoms with Crippen LogP contribution in [0.25, 0.3) is 0 Å². The Hall–Kier alpha value is -5.36. The fourth-order valence-corrected chi connectivity index (χ4v) is 35.6. The van der Waals surface area contributed by atoms with E-state index < -0.39 is 6.17 Å². The van der Waals surface area contributed by atoms with Crippen molar-refractivity contribution in [2.75, 3.05) is 88.7 Å². The van der Waals surface area contributed by atoms with Crippen molar-refractivity contribution in [3.05, 3.63) is 243 Å². The highest BCUT2D eigenvalue weighted by Crippen LogP contribution is 2.59. The summed E-state index contributed by atoms with van der Waals surface area (Å²) in [6.45, 7) is 19.5. The van der Waals surface area contributed by atoms with Gasteiger partial charge in [0.05, 0.1) is 85.6 Å². The lowest BCUT2D eigenvalue weighted by atomic mass is 9.66. The molecule has 4 saturated carbocycles. The van der Waals surface area contributed by atoms with Gasteiger partial charge in [-0.05, 0) is 155 Å². The van der Waals surface area contributed by atoms with Gasteiger partial charge in [0.1, 0.15) is 0 Å². The van der Waals surface area contributed by atoms with E-state index in [1.807, 2.05) is 0 Å². The Morgan fingerprint density at radius 2 is 0.458 bits per heavy atom. The van der Waals surface area contributed by atoms with E-state index in [0.29, 0.717) is 47.9 Å². The number of hydrogen-bond donors (Lipinski definition) is 15. The number of thioether (sulfide) groups is 8. The van der Waals surface area contributed by atoms with Crippen molar-refractivity contribution >= 4 is 140 Å². The normalized spacial score (nSPS) is 36.1. The summed E-state index contributed by atoms with van der Waals surface area (Å²) in [7, 11) is 0. The maximum Gasteiger partial charge on any atom is 0.0864 e. The molecule has 8 bridgehead atoms. The summed E-state index contributed by atoms with van der Waals surface area (Å²) in [6, 6.07) is 87.6. The van der Waals surface area contributed by atoms with E-state index in [0.717, 1.165) is 97.9 Å². The first-order valence-electron chi connectivity index (χ1n) is 44.8. The van der Waals surface area contributed by atoms with Crippen LogP contribution in [-0.2, 0) is 0 Å². The predicted molar refractivity (Wildman–Crippen MR) is 529 cm³/mol. The van der Waals surface area contributed by atoms with Crippen LogP contribution in [0.3, 0.4) is 0 Å². The first-order valence-corrected chi connectivity index (χ1v) is 53.1. The summed E-state index contributed by atoms with van der Waals surface area (Å²) in [5, 5.41) is 71.3. The maximum absolute atomic E-state index is 5.02. The van der Waals surface area contributed by atoms with Crippen LogP contribution in [0.4, 0.5) is 45.5 Å². The number of rotatable bonds is 32. The third kappa shape index (κ3) is 18.6. The van der Waals surface area contributed by atoms with Gasteiger partial charge in [-0.3, -0.25) is 37.2 Å². The van der Waals surface area contributed by atoms with Crippen LogP contribution in [0, 0.1) is 47.3 Å². The van der Waals surface area contributed by atoms with Gasteiger partial charge in [-0.2, -0.15) is 99.1 Å². The molecule has 8 aromatic rings. The number of anilines is 8. The van der Waals surface area contributed by atoms with Gasteiger partial charge in [0.15, 0.2) is 0 Å². The molecule has 0 amide bonds. The van der Waals surface area contributed by atoms with Crippen molar-refractivity contribution < 1.29 is 0 Å². The Kier molecular flexibility index (Phi) is 29.9. The molecule has 31 unspecified atom stereocenters. The zero-order valence-corrected chi connectivity index (χ0v) is 77.1. The van der Waals surface area contributed by atoms with Gasteiger partial charge in [-0.15, -0.1) is 0 Å². The quantitative estimate of drug-likeness (QED) is 0.0191. The fourth-order valence-electron chi connectivity index (χ4n) is 22.7. The van der Waals surface area contributed by atoms with Crippen LogP contribution in [0.1, 0.15) is 61.8 Å². The van der Waals surface area contributed by atoms with E-state index in [1.54, 1.807) is 0 Å². The monoisotopic (exact) mass is 1760 g/mol. The molecular weight excluding hydrogens is 1630 g/mol. The molecule has 0 aromatic heterocycles. The molecule has 17 rings (SSSR count). The molecule has 0 spiro atoms. The molecule has 9 aliphatic rings. The second kappa shape index (κ2) is 41.4. The van der Waals surface area contributed by atoms with Crippen LogP contribution in [0.15, 0.2) is 243 Å². The molecule has 31 atom stereocenters. The first kappa shape index (κ1) is 86.7. The first-order chi connectivity index (χ1) is 59.2. The summed E-state index contributed by atoms with van der Waals surface area (Å²) < 4.78 is 0. The Balaban J connectivity index is 0.942. The zero-order valence-electron chi connectivity index (χ0n) is 70.6. The Morgan fingerprint density at radius 3 is 0.750 bits per heavy atom. The third-order valence-corrected chi connectivity index (χ3v) is 38.4. The third-order valence-electron chi connectivity index (χ3n) is 26.9. The largest absolute Gasteiger partial charge is 0.380 e. The van der Waals surface area contributed by atoms with E-state index in [-0.39, 0.29) is 127 Å². The number of fused-ring (bicyclic) bond motifs is 20. The number of para-hydroxylation sites is 8. The molecule has 16 nitrogen and oxygen atoms in total. The Morgan fingerprint density at radius 1 is 0.233 bits per heavy atom. The highest BCUT2D eigenvalue weighted by molar-refractivity contribution is 8.08. The van der Waals surface area contributed by atoms with Gasteiger partial charge >= 0.3 is 0 Å². The molecule has 24 heteroatoms. The molecule has 5 saturated heterocycles. The van der Waals surface area contributed by atoms with Crippen LogP contribution in [-0.4, -0.2) is 185 Å². The molecule has 5 aliphatic heterocycles. The lowest BCUT2D eigenvalue weighted by Gasteiger charge is -2.53. The number of nitrogens with zero attached hydrogens (tertiary/aromatic N) is 1. The van der Waals surface area contributed by atoms with Gasteiger partial charge in [0.25, 0.3) is 0 Å². The molecule has 640 valence electrons. The minimum Gasteiger partial charge on any atom is -0.380 e. The van der Waals surface area contributed by atoms with Gasteiger partial charge in [-0.25, -0.2) is 0 Å². The van der Waals surface area contributed by atoms with E-state index in [2.05, 4.69) is 440 Å². The second-order valence-corrected chi connectivity index (χ2v) is 45.1. The van der Waals surface area contributed by atoms with Crippen molar-refractivity contribution in [3.8, 4) is 0 Å². The summed E-state index contributed by atoms with van der Waals surface area (Å²) in [4.78, 5) is 0. The van der Waals surface area contributed by atoms with Gasteiger partial charge in [0, 0.05) is 135 Å². The van der Waals surface area contributed by atoms with Crippen molar-refractivity contribution in [3.63, 3.8) is 0 Å². The van der Waals surface area contributed by atoms with Crippen molar-refractivity contribution in [2.45, 2.75) is 195 Å². The molecule has 0 radical (unpaired) electrons. The Labute approximate surface area is 749 Å². The van der Waals surface area contributed by atoms with Gasteiger partial charge < -0.3 is 42.6 Å².